The van der Waals surface area contributed by atoms with Crippen LogP contribution in [0.1, 0.15) is 20.3 Å². The lowest BCUT2D eigenvalue weighted by molar-refractivity contribution is 0.102. The molecule has 102 valence electrons. The molecule has 18 heavy (non-hydrogen) atoms. The molecular formula is C15H25NO2. The Morgan fingerprint density at radius 3 is 2.50 bits per heavy atom. The largest absolute Gasteiger partial charge is 0.491 e. The molecule has 0 unspecified atom stereocenters. The van der Waals surface area contributed by atoms with Gasteiger partial charge < -0.3 is 14.8 Å². The Balaban J connectivity index is 1.84. The van der Waals surface area contributed by atoms with E-state index in [-0.39, 0.29) is 0 Å². The van der Waals surface area contributed by atoms with Crippen LogP contribution in [0.4, 0.5) is 0 Å². The van der Waals surface area contributed by atoms with Gasteiger partial charge >= 0.3 is 0 Å². The van der Waals surface area contributed by atoms with Crippen LogP contribution in [0.5, 0.6) is 5.75 Å². The Labute approximate surface area is 110 Å². The predicted octanol–water partition coefficient (Wildman–Crippen LogP) is 2.72. The van der Waals surface area contributed by atoms with Gasteiger partial charge in [-0.05, 0) is 31.0 Å². The second-order valence-corrected chi connectivity index (χ2v) is 4.71. The first-order chi connectivity index (χ1) is 8.79. The molecule has 1 N–H and O–H groups in total. The van der Waals surface area contributed by atoms with Crippen LogP contribution < -0.4 is 10.1 Å². The predicted molar refractivity (Wildman–Crippen MR) is 75.1 cm³/mol. The monoisotopic (exact) mass is 251 g/mol. The first-order valence-corrected chi connectivity index (χ1v) is 6.75. The fourth-order valence-electron chi connectivity index (χ4n) is 1.50. The van der Waals surface area contributed by atoms with Crippen LogP contribution in [0.25, 0.3) is 0 Å². The summed E-state index contributed by atoms with van der Waals surface area (Å²) in [6.45, 7) is 8.45. The minimum Gasteiger partial charge on any atom is -0.491 e. The van der Waals surface area contributed by atoms with Crippen molar-refractivity contribution in [1.29, 1.82) is 0 Å². The summed E-state index contributed by atoms with van der Waals surface area (Å²) in [4.78, 5) is 0. The van der Waals surface area contributed by atoms with Gasteiger partial charge in [0.25, 0.3) is 0 Å². The summed E-state index contributed by atoms with van der Waals surface area (Å²) in [5.74, 6) is 1.66. The smallest absolute Gasteiger partial charge is 0.119 e. The van der Waals surface area contributed by atoms with Crippen LogP contribution in [0.15, 0.2) is 30.3 Å². The molecule has 0 saturated carbocycles. The van der Waals surface area contributed by atoms with Crippen LogP contribution >= 0.6 is 0 Å². The maximum Gasteiger partial charge on any atom is 0.119 e. The van der Waals surface area contributed by atoms with Gasteiger partial charge in [0, 0.05) is 6.54 Å². The quantitative estimate of drug-likeness (QED) is 0.649. The van der Waals surface area contributed by atoms with Crippen LogP contribution in [0.2, 0.25) is 0 Å². The fraction of sp³-hybridized carbons (Fsp3) is 0.600. The third-order valence-corrected chi connectivity index (χ3v) is 2.56. The molecule has 0 aromatic heterocycles. The molecule has 0 radical (unpaired) electrons. The zero-order valence-electron chi connectivity index (χ0n) is 11.5. The normalized spacial score (nSPS) is 10.8. The van der Waals surface area contributed by atoms with Crippen molar-refractivity contribution in [2.24, 2.45) is 5.92 Å². The Morgan fingerprint density at radius 1 is 1.00 bits per heavy atom. The molecule has 1 aromatic rings. The highest BCUT2D eigenvalue weighted by molar-refractivity contribution is 5.20. The summed E-state index contributed by atoms with van der Waals surface area (Å²) in [7, 11) is 0. The standard InChI is InChI=1S/C15H25NO2/c1-14(2)8-9-16-10-11-17-12-13-18-15-6-4-3-5-7-15/h3-7,14,16H,8-13H2,1-2H3. The molecule has 1 rings (SSSR count). The summed E-state index contributed by atoms with van der Waals surface area (Å²) in [6.07, 6.45) is 1.22. The van der Waals surface area contributed by atoms with Crippen LogP contribution in [-0.2, 0) is 4.74 Å². The molecule has 1 aromatic carbocycles. The number of nitrogens with one attached hydrogen (secondary N) is 1. The average Bonchev–Trinajstić information content (AvgIpc) is 2.37. The number of ether oxygens (including phenoxy) is 2. The molecule has 0 amide bonds. The molecule has 3 nitrogen and oxygen atoms in total. The maximum atomic E-state index is 5.52. The molecule has 3 heteroatoms. The number of para-hydroxylation sites is 1. The van der Waals surface area contributed by atoms with Gasteiger partial charge in [-0.2, -0.15) is 0 Å². The molecule has 0 aliphatic heterocycles. The van der Waals surface area contributed by atoms with Crippen molar-refractivity contribution in [2.45, 2.75) is 20.3 Å². The van der Waals surface area contributed by atoms with Crippen molar-refractivity contribution in [1.82, 2.24) is 5.32 Å². The molecule has 0 aliphatic carbocycles. The van der Waals surface area contributed by atoms with E-state index < -0.39 is 0 Å². The van der Waals surface area contributed by atoms with Crippen molar-refractivity contribution >= 4 is 0 Å². The highest BCUT2D eigenvalue weighted by Crippen LogP contribution is 2.07. The number of hydrogen-bond acceptors (Lipinski definition) is 3. The van der Waals surface area contributed by atoms with Gasteiger partial charge in [0.1, 0.15) is 12.4 Å². The van der Waals surface area contributed by atoms with Crippen LogP contribution in [0, 0.1) is 5.92 Å². The van der Waals surface area contributed by atoms with Crippen molar-refractivity contribution < 1.29 is 9.47 Å². The van der Waals surface area contributed by atoms with E-state index in [4.69, 9.17) is 9.47 Å². The second kappa shape index (κ2) is 9.92. The first-order valence-electron chi connectivity index (χ1n) is 6.75. The third-order valence-electron chi connectivity index (χ3n) is 2.56. The van der Waals surface area contributed by atoms with Crippen LogP contribution in [0.3, 0.4) is 0 Å². The van der Waals surface area contributed by atoms with Crippen molar-refractivity contribution in [3.63, 3.8) is 0 Å². The summed E-state index contributed by atoms with van der Waals surface area (Å²) in [6, 6.07) is 9.82. The maximum absolute atomic E-state index is 5.52. The van der Waals surface area contributed by atoms with E-state index in [1.807, 2.05) is 30.3 Å². The lowest BCUT2D eigenvalue weighted by Crippen LogP contribution is -2.22. The van der Waals surface area contributed by atoms with Gasteiger partial charge in [-0.1, -0.05) is 32.0 Å². The minimum atomic E-state index is 0.607. The van der Waals surface area contributed by atoms with E-state index >= 15 is 0 Å². The number of rotatable bonds is 10. The second-order valence-electron chi connectivity index (χ2n) is 4.71. The van der Waals surface area contributed by atoms with Gasteiger partial charge in [0.15, 0.2) is 0 Å². The zero-order valence-corrected chi connectivity index (χ0v) is 11.5. The summed E-state index contributed by atoms with van der Waals surface area (Å²) >= 11 is 0. The third kappa shape index (κ3) is 8.09. The Hall–Kier alpha value is -1.06. The molecule has 0 saturated heterocycles. The first kappa shape index (κ1) is 15.0. The van der Waals surface area contributed by atoms with Gasteiger partial charge in [0.2, 0.25) is 0 Å². The molecule has 0 bridgehead atoms. The zero-order chi connectivity index (χ0) is 13.1. The molecule has 0 fully saturated rings. The van der Waals surface area contributed by atoms with E-state index in [2.05, 4.69) is 19.2 Å². The number of hydrogen-bond donors (Lipinski definition) is 1. The van der Waals surface area contributed by atoms with Gasteiger partial charge in [0.05, 0.1) is 13.2 Å². The lowest BCUT2D eigenvalue weighted by Gasteiger charge is -2.08. The summed E-state index contributed by atoms with van der Waals surface area (Å²) in [5.41, 5.74) is 0. The van der Waals surface area contributed by atoms with Crippen molar-refractivity contribution in [3.05, 3.63) is 30.3 Å². The number of benzene rings is 1. The lowest BCUT2D eigenvalue weighted by atomic mass is 10.1. The SMILES string of the molecule is CC(C)CCNCCOCCOc1ccccc1. The van der Waals surface area contributed by atoms with Gasteiger partial charge in [-0.3, -0.25) is 0 Å². The van der Waals surface area contributed by atoms with E-state index in [1.165, 1.54) is 6.42 Å². The average molecular weight is 251 g/mol. The van der Waals surface area contributed by atoms with Crippen LogP contribution in [-0.4, -0.2) is 32.9 Å². The van der Waals surface area contributed by atoms with E-state index in [9.17, 15) is 0 Å². The molecular weight excluding hydrogens is 226 g/mol. The van der Waals surface area contributed by atoms with Gasteiger partial charge in [-0.15, -0.1) is 0 Å². The minimum absolute atomic E-state index is 0.607. The van der Waals surface area contributed by atoms with Crippen molar-refractivity contribution in [2.75, 3.05) is 32.9 Å². The molecule has 0 spiro atoms. The van der Waals surface area contributed by atoms with E-state index in [0.29, 0.717) is 13.2 Å². The highest BCUT2D eigenvalue weighted by Gasteiger charge is 1.94. The van der Waals surface area contributed by atoms with E-state index in [0.717, 1.165) is 31.4 Å². The fourth-order valence-corrected chi connectivity index (χ4v) is 1.50. The topological polar surface area (TPSA) is 30.5 Å². The summed E-state index contributed by atoms with van der Waals surface area (Å²) < 4.78 is 11.0. The Morgan fingerprint density at radius 2 is 1.78 bits per heavy atom. The van der Waals surface area contributed by atoms with Crippen molar-refractivity contribution in [3.8, 4) is 5.75 Å². The molecule has 0 aliphatic rings. The Kier molecular flexibility index (Phi) is 8.26. The summed E-state index contributed by atoms with van der Waals surface area (Å²) in [5, 5.41) is 3.36. The van der Waals surface area contributed by atoms with E-state index in [1.54, 1.807) is 0 Å². The molecule has 0 atom stereocenters. The highest BCUT2D eigenvalue weighted by atomic mass is 16.5. The molecule has 0 heterocycles. The van der Waals surface area contributed by atoms with Gasteiger partial charge in [-0.25, -0.2) is 0 Å². The Bertz CT molecular complexity index is 288.